The van der Waals surface area contributed by atoms with Crippen LogP contribution >= 0.6 is 0 Å². The first kappa shape index (κ1) is 13.9. The fraction of sp³-hybridized carbons (Fsp3) is 0.562. The molecule has 3 nitrogen and oxygen atoms in total. The molecule has 2 rings (SSSR count). The van der Waals surface area contributed by atoms with Crippen LogP contribution in [0, 0.1) is 5.41 Å². The van der Waals surface area contributed by atoms with Crippen molar-refractivity contribution in [2.75, 3.05) is 0 Å². The Morgan fingerprint density at radius 2 is 2.11 bits per heavy atom. The first-order valence-electron chi connectivity index (χ1n) is 6.74. The number of hydrogen-bond donors (Lipinski definition) is 1. The maximum Gasteiger partial charge on any atom is 0.309 e. The van der Waals surface area contributed by atoms with Gasteiger partial charge in [0.1, 0.15) is 11.4 Å². The number of carbonyl (C=O) groups is 1. The van der Waals surface area contributed by atoms with Crippen molar-refractivity contribution in [1.29, 1.82) is 0 Å². The Morgan fingerprint density at radius 3 is 2.74 bits per heavy atom. The lowest BCUT2D eigenvalue weighted by Gasteiger charge is -2.34. The van der Waals surface area contributed by atoms with Gasteiger partial charge in [-0.15, -0.1) is 0 Å². The Hall–Kier alpha value is -1.51. The third-order valence-corrected chi connectivity index (χ3v) is 3.76. The van der Waals surface area contributed by atoms with Gasteiger partial charge in [0.15, 0.2) is 0 Å². The number of rotatable bonds is 3. The zero-order valence-electron chi connectivity index (χ0n) is 12.1. The minimum absolute atomic E-state index is 0.170. The molecule has 3 heteroatoms. The summed E-state index contributed by atoms with van der Waals surface area (Å²) in [5.41, 5.74) is 1.24. The van der Waals surface area contributed by atoms with E-state index in [-0.39, 0.29) is 5.60 Å². The second-order valence-electron chi connectivity index (χ2n) is 6.63. The molecule has 0 spiro atoms. The van der Waals surface area contributed by atoms with Crippen LogP contribution < -0.4 is 4.74 Å². The maximum atomic E-state index is 11.3. The quantitative estimate of drug-likeness (QED) is 0.907. The van der Waals surface area contributed by atoms with Crippen molar-refractivity contribution in [3.8, 4) is 5.75 Å². The first-order valence-corrected chi connectivity index (χ1v) is 6.74. The molecule has 1 aliphatic heterocycles. The van der Waals surface area contributed by atoms with Crippen molar-refractivity contribution in [2.24, 2.45) is 5.41 Å². The van der Waals surface area contributed by atoms with Gasteiger partial charge in [0, 0.05) is 0 Å². The van der Waals surface area contributed by atoms with Crippen molar-refractivity contribution >= 4 is 5.97 Å². The first-order chi connectivity index (χ1) is 8.71. The molecule has 0 radical (unpaired) electrons. The Labute approximate surface area is 114 Å². The zero-order valence-corrected chi connectivity index (χ0v) is 12.1. The second-order valence-corrected chi connectivity index (χ2v) is 6.63. The van der Waals surface area contributed by atoms with Crippen molar-refractivity contribution in [1.82, 2.24) is 0 Å². The van der Waals surface area contributed by atoms with Gasteiger partial charge in [-0.25, -0.2) is 0 Å². The molecule has 1 heterocycles. The maximum absolute atomic E-state index is 11.3. The molecule has 0 saturated carbocycles. The fourth-order valence-electron chi connectivity index (χ4n) is 2.42. The number of aryl methyl sites for hydroxylation is 1. The molecule has 1 aromatic carbocycles. The smallest absolute Gasteiger partial charge is 0.309 e. The number of aliphatic carboxylic acids is 1. The average Bonchev–Trinajstić information content (AvgIpc) is 2.28. The van der Waals surface area contributed by atoms with Gasteiger partial charge in [-0.05, 0) is 58.1 Å². The summed E-state index contributed by atoms with van der Waals surface area (Å²) in [6, 6.07) is 6.04. The molecule has 19 heavy (non-hydrogen) atoms. The largest absolute Gasteiger partial charge is 0.487 e. The minimum Gasteiger partial charge on any atom is -0.487 e. The fourth-order valence-corrected chi connectivity index (χ4v) is 2.42. The predicted molar refractivity (Wildman–Crippen MR) is 74.6 cm³/mol. The van der Waals surface area contributed by atoms with Crippen molar-refractivity contribution in [3.63, 3.8) is 0 Å². The topological polar surface area (TPSA) is 46.5 Å². The predicted octanol–water partition coefficient (Wildman–Crippen LogP) is 3.44. The normalized spacial score (nSPS) is 17.5. The molecule has 0 saturated heterocycles. The van der Waals surface area contributed by atoms with Gasteiger partial charge in [0.05, 0.1) is 5.41 Å². The summed E-state index contributed by atoms with van der Waals surface area (Å²) in [6.07, 6.45) is 2.47. The van der Waals surface area contributed by atoms with Gasteiger partial charge in [0.2, 0.25) is 0 Å². The highest BCUT2D eigenvalue weighted by Crippen LogP contribution is 2.38. The summed E-state index contributed by atoms with van der Waals surface area (Å²) in [4.78, 5) is 11.3. The van der Waals surface area contributed by atoms with E-state index in [4.69, 9.17) is 4.74 Å². The SMILES string of the molecule is CC1(C)CCc2cccc(CC(C)(C)C(=O)O)c2O1. The lowest BCUT2D eigenvalue weighted by molar-refractivity contribution is -0.146. The minimum atomic E-state index is -0.778. The molecule has 104 valence electrons. The van der Waals surface area contributed by atoms with Crippen LogP contribution in [0.4, 0.5) is 0 Å². The molecule has 0 atom stereocenters. The van der Waals surface area contributed by atoms with Gasteiger partial charge in [-0.1, -0.05) is 18.2 Å². The number of carboxylic acids is 1. The summed E-state index contributed by atoms with van der Waals surface area (Å²) >= 11 is 0. The molecule has 1 N–H and O–H groups in total. The van der Waals surface area contributed by atoms with E-state index in [2.05, 4.69) is 19.9 Å². The number of hydrogen-bond acceptors (Lipinski definition) is 2. The van der Waals surface area contributed by atoms with Crippen molar-refractivity contribution in [3.05, 3.63) is 29.3 Å². The van der Waals surface area contributed by atoms with Gasteiger partial charge < -0.3 is 9.84 Å². The van der Waals surface area contributed by atoms with Gasteiger partial charge in [-0.3, -0.25) is 4.79 Å². The number of benzene rings is 1. The van der Waals surface area contributed by atoms with Crippen molar-refractivity contribution in [2.45, 2.75) is 52.6 Å². The van der Waals surface area contributed by atoms with Crippen LogP contribution in [-0.4, -0.2) is 16.7 Å². The van der Waals surface area contributed by atoms with Gasteiger partial charge >= 0.3 is 5.97 Å². The highest BCUT2D eigenvalue weighted by atomic mass is 16.5. The summed E-state index contributed by atoms with van der Waals surface area (Å²) in [6.45, 7) is 7.66. The van der Waals surface area contributed by atoms with E-state index in [1.807, 2.05) is 12.1 Å². The van der Waals surface area contributed by atoms with E-state index in [0.717, 1.165) is 24.2 Å². The molecule has 0 aromatic heterocycles. The van der Waals surface area contributed by atoms with Crippen LogP contribution in [0.2, 0.25) is 0 Å². The summed E-state index contributed by atoms with van der Waals surface area (Å²) in [5.74, 6) is 0.119. The van der Waals surface area contributed by atoms with Crippen LogP contribution in [0.15, 0.2) is 18.2 Å². The monoisotopic (exact) mass is 262 g/mol. The van der Waals surface area contributed by atoms with E-state index in [0.29, 0.717) is 6.42 Å². The highest BCUT2D eigenvalue weighted by molar-refractivity contribution is 5.74. The van der Waals surface area contributed by atoms with E-state index in [1.54, 1.807) is 13.8 Å². The number of fused-ring (bicyclic) bond motifs is 1. The van der Waals surface area contributed by atoms with Crippen LogP contribution in [0.1, 0.15) is 45.2 Å². The molecule has 0 unspecified atom stereocenters. The zero-order chi connectivity index (χ0) is 14.3. The van der Waals surface area contributed by atoms with Gasteiger partial charge in [0.25, 0.3) is 0 Å². The Balaban J connectivity index is 2.36. The number of ether oxygens (including phenoxy) is 1. The molecule has 0 aliphatic carbocycles. The second kappa shape index (κ2) is 4.55. The summed E-state index contributed by atoms with van der Waals surface area (Å²) in [5, 5.41) is 9.27. The van der Waals surface area contributed by atoms with E-state index in [1.165, 1.54) is 5.56 Å². The molecule has 0 amide bonds. The molecule has 0 bridgehead atoms. The Morgan fingerprint density at radius 1 is 1.42 bits per heavy atom. The summed E-state index contributed by atoms with van der Waals surface area (Å²) < 4.78 is 6.08. The summed E-state index contributed by atoms with van der Waals surface area (Å²) in [7, 11) is 0. The number of carboxylic acid groups (broad SMARTS) is 1. The third kappa shape index (κ3) is 2.91. The molecule has 1 aliphatic rings. The van der Waals surface area contributed by atoms with Crippen LogP contribution in [-0.2, 0) is 17.6 Å². The lowest BCUT2D eigenvalue weighted by atomic mass is 9.83. The Kier molecular flexibility index (Phi) is 3.33. The standard InChI is InChI=1S/C16H22O3/c1-15(2,14(17)18)10-12-7-5-6-11-8-9-16(3,4)19-13(11)12/h5-7H,8-10H2,1-4H3,(H,17,18). The molecule has 1 aromatic rings. The highest BCUT2D eigenvalue weighted by Gasteiger charge is 2.32. The lowest BCUT2D eigenvalue weighted by Crippen LogP contribution is -2.34. The Bertz CT molecular complexity index is 501. The van der Waals surface area contributed by atoms with Crippen LogP contribution in [0.25, 0.3) is 0 Å². The third-order valence-electron chi connectivity index (χ3n) is 3.76. The van der Waals surface area contributed by atoms with E-state index >= 15 is 0 Å². The molecular formula is C16H22O3. The molecular weight excluding hydrogens is 240 g/mol. The molecule has 0 fully saturated rings. The van der Waals surface area contributed by atoms with Gasteiger partial charge in [-0.2, -0.15) is 0 Å². The van der Waals surface area contributed by atoms with E-state index in [9.17, 15) is 9.90 Å². The average molecular weight is 262 g/mol. The van der Waals surface area contributed by atoms with E-state index < -0.39 is 11.4 Å². The van der Waals surface area contributed by atoms with Crippen molar-refractivity contribution < 1.29 is 14.6 Å². The number of para-hydroxylation sites is 1. The van der Waals surface area contributed by atoms with Crippen LogP contribution in [0.3, 0.4) is 0 Å². The van der Waals surface area contributed by atoms with Crippen LogP contribution in [0.5, 0.6) is 5.75 Å².